The Hall–Kier alpha value is -1.39. The van der Waals surface area contributed by atoms with Crippen LogP contribution in [0.15, 0.2) is 35.6 Å². The molecule has 2 rings (SSSR count). The zero-order valence-corrected chi connectivity index (χ0v) is 20.1. The van der Waals surface area contributed by atoms with Crippen molar-refractivity contribution >= 4 is 41.5 Å². The molecule has 28 heavy (non-hydrogen) atoms. The fourth-order valence-corrected chi connectivity index (χ4v) is 3.24. The molecule has 1 atom stereocenters. The van der Waals surface area contributed by atoms with Crippen LogP contribution in [0.2, 0.25) is 5.02 Å². The third-order valence-corrected chi connectivity index (χ3v) is 4.85. The number of nitrogens with one attached hydrogen (secondary N) is 2. The van der Waals surface area contributed by atoms with Crippen LogP contribution in [0.25, 0.3) is 0 Å². The lowest BCUT2D eigenvalue weighted by atomic mass is 10.0. The lowest BCUT2D eigenvalue weighted by Gasteiger charge is -2.31. The molecule has 0 bridgehead atoms. The molecule has 0 fully saturated rings. The average Bonchev–Trinajstić information content (AvgIpc) is 3.08. The van der Waals surface area contributed by atoms with E-state index in [1.54, 1.807) is 6.33 Å². The van der Waals surface area contributed by atoms with Crippen molar-refractivity contribution in [3.63, 3.8) is 0 Å². The largest absolute Gasteiger partial charge is 0.357 e. The fourth-order valence-electron chi connectivity index (χ4n) is 2.98. The standard InChI is InChI=1S/C19H30ClN7.HI/c1-5-21-19(23-13-18-25-24-14-26(18)4)22-12-17(27(6-2)7-3)15-10-8-9-11-16(15)20;/h8-11,14,17H,5-7,12-13H2,1-4H3,(H2,21,22,23);1H. The van der Waals surface area contributed by atoms with E-state index < -0.39 is 0 Å². The molecule has 156 valence electrons. The van der Waals surface area contributed by atoms with Gasteiger partial charge in [-0.1, -0.05) is 43.6 Å². The van der Waals surface area contributed by atoms with Gasteiger partial charge in [-0.3, -0.25) is 4.90 Å². The number of hydrogen-bond acceptors (Lipinski definition) is 4. The van der Waals surface area contributed by atoms with E-state index in [0.717, 1.165) is 42.0 Å². The molecule has 1 unspecified atom stereocenters. The van der Waals surface area contributed by atoms with Crippen molar-refractivity contribution in [2.45, 2.75) is 33.4 Å². The molecule has 0 saturated carbocycles. The Bertz CT molecular complexity index is 731. The number of benzene rings is 1. The van der Waals surface area contributed by atoms with Crippen LogP contribution in [0.1, 0.15) is 38.2 Å². The lowest BCUT2D eigenvalue weighted by molar-refractivity contribution is 0.219. The number of aromatic nitrogens is 3. The molecule has 9 heteroatoms. The number of aryl methyl sites for hydroxylation is 1. The van der Waals surface area contributed by atoms with E-state index in [0.29, 0.717) is 13.1 Å². The second kappa shape index (κ2) is 12.9. The topological polar surface area (TPSA) is 70.4 Å². The molecule has 1 heterocycles. The van der Waals surface area contributed by atoms with E-state index in [1.165, 1.54) is 0 Å². The van der Waals surface area contributed by atoms with Crippen molar-refractivity contribution < 1.29 is 0 Å². The molecule has 1 aromatic heterocycles. The predicted molar refractivity (Wildman–Crippen MR) is 126 cm³/mol. The first-order valence-electron chi connectivity index (χ1n) is 9.44. The van der Waals surface area contributed by atoms with Gasteiger partial charge in [-0.2, -0.15) is 0 Å². The molecule has 1 aromatic carbocycles. The van der Waals surface area contributed by atoms with Crippen molar-refractivity contribution in [3.8, 4) is 0 Å². The Morgan fingerprint density at radius 1 is 1.21 bits per heavy atom. The minimum absolute atomic E-state index is 0. The van der Waals surface area contributed by atoms with Crippen molar-refractivity contribution in [1.29, 1.82) is 0 Å². The molecular weight excluding hydrogens is 489 g/mol. The highest BCUT2D eigenvalue weighted by atomic mass is 127. The van der Waals surface area contributed by atoms with Gasteiger partial charge in [-0.05, 0) is 31.6 Å². The quantitative estimate of drug-likeness (QED) is 0.302. The second-order valence-corrected chi connectivity index (χ2v) is 6.60. The van der Waals surface area contributed by atoms with Gasteiger partial charge >= 0.3 is 0 Å². The maximum Gasteiger partial charge on any atom is 0.191 e. The van der Waals surface area contributed by atoms with Crippen LogP contribution in [0.4, 0.5) is 0 Å². The summed E-state index contributed by atoms with van der Waals surface area (Å²) in [5, 5.41) is 15.5. The Morgan fingerprint density at radius 2 is 1.93 bits per heavy atom. The molecule has 2 aromatic rings. The monoisotopic (exact) mass is 519 g/mol. The van der Waals surface area contributed by atoms with Crippen molar-refractivity contribution in [3.05, 3.63) is 47.0 Å². The average molecular weight is 520 g/mol. The highest BCUT2D eigenvalue weighted by molar-refractivity contribution is 14.0. The van der Waals surface area contributed by atoms with Crippen LogP contribution in [0.5, 0.6) is 0 Å². The molecule has 2 N–H and O–H groups in total. The van der Waals surface area contributed by atoms with Gasteiger partial charge in [0.25, 0.3) is 0 Å². The van der Waals surface area contributed by atoms with Gasteiger partial charge in [0.05, 0.1) is 6.04 Å². The first-order valence-corrected chi connectivity index (χ1v) is 9.81. The number of nitrogens with zero attached hydrogens (tertiary/aromatic N) is 5. The third-order valence-electron chi connectivity index (χ3n) is 4.51. The summed E-state index contributed by atoms with van der Waals surface area (Å²) in [6.07, 6.45) is 1.68. The Kier molecular flexibility index (Phi) is 11.4. The Balaban J connectivity index is 0.00000392. The summed E-state index contributed by atoms with van der Waals surface area (Å²) in [5.41, 5.74) is 1.12. The third kappa shape index (κ3) is 6.89. The highest BCUT2D eigenvalue weighted by Gasteiger charge is 2.20. The van der Waals surface area contributed by atoms with Gasteiger partial charge in [0.1, 0.15) is 12.9 Å². The SMILES string of the molecule is CCNC(=NCc1nncn1C)NCC(c1ccccc1Cl)N(CC)CC.I. The van der Waals surface area contributed by atoms with Crippen LogP contribution in [0.3, 0.4) is 0 Å². The molecule has 0 aliphatic heterocycles. The van der Waals surface area contributed by atoms with Gasteiger partial charge < -0.3 is 15.2 Å². The Morgan fingerprint density at radius 3 is 2.50 bits per heavy atom. The zero-order chi connectivity index (χ0) is 19.6. The summed E-state index contributed by atoms with van der Waals surface area (Å²) < 4.78 is 1.87. The number of halogens is 2. The molecule has 0 radical (unpaired) electrons. The summed E-state index contributed by atoms with van der Waals surface area (Å²) in [7, 11) is 1.92. The molecule has 0 amide bonds. The van der Waals surface area contributed by atoms with E-state index in [-0.39, 0.29) is 30.0 Å². The summed E-state index contributed by atoms with van der Waals surface area (Å²) in [4.78, 5) is 7.02. The van der Waals surface area contributed by atoms with E-state index in [4.69, 9.17) is 11.6 Å². The van der Waals surface area contributed by atoms with Gasteiger partial charge in [0.2, 0.25) is 0 Å². The van der Waals surface area contributed by atoms with Crippen molar-refractivity contribution in [2.24, 2.45) is 12.0 Å². The van der Waals surface area contributed by atoms with Gasteiger partial charge in [-0.25, -0.2) is 4.99 Å². The van der Waals surface area contributed by atoms with Gasteiger partial charge in [-0.15, -0.1) is 34.2 Å². The fraction of sp³-hybridized carbons (Fsp3) is 0.526. The van der Waals surface area contributed by atoms with E-state index >= 15 is 0 Å². The number of rotatable bonds is 9. The van der Waals surface area contributed by atoms with Gasteiger partial charge in [0, 0.05) is 25.2 Å². The number of aliphatic imine (C=N–C) groups is 1. The Labute approximate surface area is 190 Å². The normalized spacial score (nSPS) is 12.6. The van der Waals surface area contributed by atoms with E-state index in [9.17, 15) is 0 Å². The maximum atomic E-state index is 6.48. The number of likely N-dealkylation sites (N-methyl/N-ethyl adjacent to an activating group) is 1. The summed E-state index contributed by atoms with van der Waals surface area (Å²) in [5.74, 6) is 1.57. The second-order valence-electron chi connectivity index (χ2n) is 6.19. The molecule has 0 aliphatic rings. The number of hydrogen-bond donors (Lipinski definition) is 2. The smallest absolute Gasteiger partial charge is 0.191 e. The summed E-state index contributed by atoms with van der Waals surface area (Å²) >= 11 is 6.48. The van der Waals surface area contributed by atoms with Crippen LogP contribution < -0.4 is 10.6 Å². The van der Waals surface area contributed by atoms with E-state index in [1.807, 2.05) is 29.8 Å². The first kappa shape index (κ1) is 24.6. The van der Waals surface area contributed by atoms with Crippen molar-refractivity contribution in [1.82, 2.24) is 30.3 Å². The number of guanidine groups is 1. The summed E-state index contributed by atoms with van der Waals surface area (Å²) in [6, 6.07) is 8.19. The lowest BCUT2D eigenvalue weighted by Crippen LogP contribution is -2.43. The van der Waals surface area contributed by atoms with Gasteiger partial charge in [0.15, 0.2) is 11.8 Å². The zero-order valence-electron chi connectivity index (χ0n) is 17.0. The van der Waals surface area contributed by atoms with Crippen LogP contribution in [0, 0.1) is 0 Å². The first-order chi connectivity index (χ1) is 13.1. The van der Waals surface area contributed by atoms with E-state index in [2.05, 4.69) is 57.6 Å². The van der Waals surface area contributed by atoms with Crippen molar-refractivity contribution in [2.75, 3.05) is 26.2 Å². The molecule has 0 saturated heterocycles. The minimum atomic E-state index is 0. The molecule has 0 spiro atoms. The summed E-state index contributed by atoms with van der Waals surface area (Å²) in [6.45, 7) is 10.2. The minimum Gasteiger partial charge on any atom is -0.357 e. The molecular formula is C19H31ClIN7. The molecule has 0 aliphatic carbocycles. The maximum absolute atomic E-state index is 6.48. The van der Waals surface area contributed by atoms with Crippen LogP contribution >= 0.6 is 35.6 Å². The van der Waals surface area contributed by atoms with Crippen LogP contribution in [-0.2, 0) is 13.6 Å². The highest BCUT2D eigenvalue weighted by Crippen LogP contribution is 2.26. The predicted octanol–water partition coefficient (Wildman–Crippen LogP) is 3.22. The van der Waals surface area contributed by atoms with Crippen LogP contribution in [-0.4, -0.2) is 51.8 Å². The molecule has 7 nitrogen and oxygen atoms in total.